The van der Waals surface area contributed by atoms with E-state index < -0.39 is 0 Å². The van der Waals surface area contributed by atoms with Crippen LogP contribution in [0.15, 0.2) is 41.8 Å². The summed E-state index contributed by atoms with van der Waals surface area (Å²) in [5.41, 5.74) is 6.03. The quantitative estimate of drug-likeness (QED) is 0.459. The number of thiophene rings is 1. The van der Waals surface area contributed by atoms with Gasteiger partial charge in [0, 0.05) is 4.88 Å². The van der Waals surface area contributed by atoms with Crippen molar-refractivity contribution in [3.8, 4) is 0 Å². The molecule has 3 aromatic rings. The number of fused-ring (bicyclic) bond motifs is 3. The van der Waals surface area contributed by atoms with Crippen LogP contribution >= 0.6 is 11.3 Å². The van der Waals surface area contributed by atoms with Crippen LogP contribution in [0.3, 0.4) is 0 Å². The van der Waals surface area contributed by atoms with E-state index in [0.29, 0.717) is 11.3 Å². The highest BCUT2D eigenvalue weighted by atomic mass is 32.1. The largest absolute Gasteiger partial charge is 0.261 e. The highest BCUT2D eigenvalue weighted by molar-refractivity contribution is 7.19. The molecule has 4 rings (SSSR count). The number of rotatable bonds is 5. The number of aryl methyl sites for hydroxylation is 1. The summed E-state index contributed by atoms with van der Waals surface area (Å²) in [4.78, 5) is 11.6. The molecule has 0 spiro atoms. The molecule has 0 bridgehead atoms. The standard InChI is InChI=1S/C22H26N4S/c1-4-22(2,3)16-10-11-18-17(12-16)19-20(23-14-24-21(19)27-18)26-25-13-15-8-6-5-7-9-15/h5-9,13-14,16H,4,10-12H2,1-3H3,(H,23,24,26)/b25-13+. The molecule has 27 heavy (non-hydrogen) atoms. The Morgan fingerprint density at radius 1 is 1.26 bits per heavy atom. The Kier molecular flexibility index (Phi) is 4.96. The second-order valence-corrected chi connectivity index (χ2v) is 9.05. The third-order valence-corrected chi connectivity index (χ3v) is 7.24. The third-order valence-electron chi connectivity index (χ3n) is 6.04. The lowest BCUT2D eigenvalue weighted by molar-refractivity contribution is 0.184. The minimum Gasteiger partial charge on any atom is -0.261 e. The molecule has 2 heterocycles. The topological polar surface area (TPSA) is 50.2 Å². The van der Waals surface area contributed by atoms with Crippen molar-refractivity contribution in [2.75, 3.05) is 5.43 Å². The second-order valence-electron chi connectivity index (χ2n) is 7.97. The molecular formula is C22H26N4S. The zero-order valence-electron chi connectivity index (χ0n) is 16.2. The van der Waals surface area contributed by atoms with E-state index in [4.69, 9.17) is 0 Å². The number of hydrazone groups is 1. The predicted octanol–water partition coefficient (Wildman–Crippen LogP) is 5.68. The van der Waals surface area contributed by atoms with Crippen molar-refractivity contribution in [3.05, 3.63) is 52.7 Å². The summed E-state index contributed by atoms with van der Waals surface area (Å²) in [6.07, 6.45) is 8.20. The van der Waals surface area contributed by atoms with Gasteiger partial charge in [-0.3, -0.25) is 5.43 Å². The Morgan fingerprint density at radius 3 is 2.85 bits per heavy atom. The minimum atomic E-state index is 0.362. The van der Waals surface area contributed by atoms with E-state index in [9.17, 15) is 0 Å². The summed E-state index contributed by atoms with van der Waals surface area (Å²) < 4.78 is 0. The molecule has 4 nitrogen and oxygen atoms in total. The Labute approximate surface area is 164 Å². The fraction of sp³-hybridized carbons (Fsp3) is 0.409. The smallest absolute Gasteiger partial charge is 0.158 e. The zero-order valence-corrected chi connectivity index (χ0v) is 17.0. The molecule has 2 aromatic heterocycles. The van der Waals surface area contributed by atoms with Gasteiger partial charge in [-0.2, -0.15) is 5.10 Å². The summed E-state index contributed by atoms with van der Waals surface area (Å²) in [5.74, 6) is 1.52. The number of nitrogens with one attached hydrogen (secondary N) is 1. The van der Waals surface area contributed by atoms with Crippen molar-refractivity contribution in [2.24, 2.45) is 16.4 Å². The maximum Gasteiger partial charge on any atom is 0.158 e. The van der Waals surface area contributed by atoms with Gasteiger partial charge < -0.3 is 0 Å². The van der Waals surface area contributed by atoms with Gasteiger partial charge in [0.05, 0.1) is 11.6 Å². The van der Waals surface area contributed by atoms with Crippen molar-refractivity contribution in [3.63, 3.8) is 0 Å². The molecule has 0 saturated heterocycles. The molecule has 5 heteroatoms. The summed E-state index contributed by atoms with van der Waals surface area (Å²) in [6.45, 7) is 7.10. The predicted molar refractivity (Wildman–Crippen MR) is 115 cm³/mol. The van der Waals surface area contributed by atoms with Gasteiger partial charge in [-0.15, -0.1) is 11.3 Å². The van der Waals surface area contributed by atoms with Crippen molar-refractivity contribution in [2.45, 2.75) is 46.5 Å². The lowest BCUT2D eigenvalue weighted by Gasteiger charge is -2.36. The van der Waals surface area contributed by atoms with E-state index in [1.807, 2.05) is 47.9 Å². The van der Waals surface area contributed by atoms with Crippen LogP contribution < -0.4 is 5.43 Å². The Bertz CT molecular complexity index is 959. The molecule has 0 amide bonds. The van der Waals surface area contributed by atoms with Crippen LogP contribution in [0, 0.1) is 11.3 Å². The van der Waals surface area contributed by atoms with E-state index in [-0.39, 0.29) is 0 Å². The first kappa shape index (κ1) is 18.1. The zero-order chi connectivity index (χ0) is 18.9. The first-order valence-electron chi connectivity index (χ1n) is 9.68. The van der Waals surface area contributed by atoms with Crippen LogP contribution in [0.5, 0.6) is 0 Å². The average molecular weight is 379 g/mol. The van der Waals surface area contributed by atoms with Crippen LogP contribution in [0.2, 0.25) is 0 Å². The highest BCUT2D eigenvalue weighted by Crippen LogP contribution is 2.45. The van der Waals surface area contributed by atoms with Crippen molar-refractivity contribution < 1.29 is 0 Å². The Balaban J connectivity index is 1.65. The SMILES string of the molecule is CCC(C)(C)C1CCc2sc3ncnc(N/N=C/c4ccccc4)c3c2C1. The van der Waals surface area contributed by atoms with E-state index >= 15 is 0 Å². The number of benzene rings is 1. The molecule has 140 valence electrons. The molecule has 0 saturated carbocycles. The fourth-order valence-electron chi connectivity index (χ4n) is 3.86. The fourth-order valence-corrected chi connectivity index (χ4v) is 5.04. The number of hydrogen-bond donors (Lipinski definition) is 1. The molecular weight excluding hydrogens is 352 g/mol. The molecule has 0 fully saturated rings. The van der Waals surface area contributed by atoms with Crippen molar-refractivity contribution in [1.82, 2.24) is 9.97 Å². The van der Waals surface area contributed by atoms with Gasteiger partial charge in [-0.25, -0.2) is 9.97 Å². The number of anilines is 1. The number of hydrogen-bond acceptors (Lipinski definition) is 5. The third kappa shape index (κ3) is 3.61. The average Bonchev–Trinajstić information content (AvgIpc) is 3.07. The van der Waals surface area contributed by atoms with Crippen LogP contribution in [0.1, 0.15) is 49.6 Å². The normalized spacial score (nSPS) is 17.4. The molecule has 1 unspecified atom stereocenters. The van der Waals surface area contributed by atoms with Gasteiger partial charge >= 0.3 is 0 Å². The first-order chi connectivity index (χ1) is 13.1. The second kappa shape index (κ2) is 7.39. The van der Waals surface area contributed by atoms with Crippen LogP contribution in [0.4, 0.5) is 5.82 Å². The number of nitrogens with zero attached hydrogens (tertiary/aromatic N) is 3. The molecule has 1 N–H and O–H groups in total. The number of aromatic nitrogens is 2. The van der Waals surface area contributed by atoms with Gasteiger partial charge in [0.1, 0.15) is 11.2 Å². The molecule has 0 radical (unpaired) electrons. The summed E-state index contributed by atoms with van der Waals surface area (Å²) >= 11 is 1.82. The lowest BCUT2D eigenvalue weighted by Crippen LogP contribution is -2.28. The van der Waals surface area contributed by atoms with E-state index in [0.717, 1.165) is 29.1 Å². The van der Waals surface area contributed by atoms with E-state index in [2.05, 4.69) is 41.3 Å². The summed E-state index contributed by atoms with van der Waals surface area (Å²) in [6, 6.07) is 10.1. The Hall–Kier alpha value is -2.27. The van der Waals surface area contributed by atoms with Gasteiger partial charge in [0.25, 0.3) is 0 Å². The lowest BCUT2D eigenvalue weighted by atomic mass is 9.69. The summed E-state index contributed by atoms with van der Waals surface area (Å²) in [7, 11) is 0. The van der Waals surface area contributed by atoms with Crippen LogP contribution in [0.25, 0.3) is 10.2 Å². The highest BCUT2D eigenvalue weighted by Gasteiger charge is 2.33. The van der Waals surface area contributed by atoms with Crippen LogP contribution in [-0.2, 0) is 12.8 Å². The maximum atomic E-state index is 4.54. The molecule has 1 aliphatic carbocycles. The molecule has 1 aromatic carbocycles. The van der Waals surface area contributed by atoms with Crippen molar-refractivity contribution in [1.29, 1.82) is 0 Å². The minimum absolute atomic E-state index is 0.362. The van der Waals surface area contributed by atoms with Gasteiger partial charge in [0.15, 0.2) is 5.82 Å². The maximum absolute atomic E-state index is 4.54. The molecule has 0 aliphatic heterocycles. The summed E-state index contributed by atoms with van der Waals surface area (Å²) in [5, 5.41) is 5.58. The van der Waals surface area contributed by atoms with Crippen LogP contribution in [-0.4, -0.2) is 16.2 Å². The van der Waals surface area contributed by atoms with E-state index in [1.165, 1.54) is 28.7 Å². The van der Waals surface area contributed by atoms with Gasteiger partial charge in [-0.05, 0) is 41.7 Å². The molecule has 1 atom stereocenters. The van der Waals surface area contributed by atoms with Crippen molar-refractivity contribution >= 4 is 33.6 Å². The molecule has 1 aliphatic rings. The van der Waals surface area contributed by atoms with Gasteiger partial charge in [0.2, 0.25) is 0 Å². The van der Waals surface area contributed by atoms with Gasteiger partial charge in [-0.1, -0.05) is 57.5 Å². The monoisotopic (exact) mass is 378 g/mol. The van der Waals surface area contributed by atoms with E-state index in [1.54, 1.807) is 6.33 Å². The first-order valence-corrected chi connectivity index (χ1v) is 10.5. The Morgan fingerprint density at radius 2 is 2.07 bits per heavy atom.